The Bertz CT molecular complexity index is 649. The van der Waals surface area contributed by atoms with Crippen molar-refractivity contribution < 1.29 is 0 Å². The highest BCUT2D eigenvalue weighted by Crippen LogP contribution is 2.33. The standard InChI is InChI=1S/C19H24N4/c1-15(18-14-20-9-10-21-18)22-11-7-17(8-12-22)23-13-6-16-4-2-3-5-19(16)23/h2-5,9-10,14-15,17H,6-8,11-13H2,1H3. The molecular weight excluding hydrogens is 284 g/mol. The van der Waals surface area contributed by atoms with Crippen molar-refractivity contribution in [3.8, 4) is 0 Å². The van der Waals surface area contributed by atoms with Gasteiger partial charge in [0.2, 0.25) is 0 Å². The number of piperidine rings is 1. The molecule has 1 unspecified atom stereocenters. The third-order valence-corrected chi connectivity index (χ3v) is 5.42. The van der Waals surface area contributed by atoms with Crippen LogP contribution in [0, 0.1) is 0 Å². The van der Waals surface area contributed by atoms with E-state index in [1.165, 1.54) is 37.1 Å². The lowest BCUT2D eigenvalue weighted by Gasteiger charge is -2.40. The number of anilines is 1. The van der Waals surface area contributed by atoms with Gasteiger partial charge in [-0.3, -0.25) is 14.9 Å². The molecule has 4 rings (SSSR count). The van der Waals surface area contributed by atoms with Crippen molar-refractivity contribution >= 4 is 5.69 Å². The van der Waals surface area contributed by atoms with Crippen molar-refractivity contribution in [2.75, 3.05) is 24.5 Å². The summed E-state index contributed by atoms with van der Waals surface area (Å²) < 4.78 is 0. The fourth-order valence-electron chi connectivity index (χ4n) is 4.04. The number of rotatable bonds is 3. The third-order valence-electron chi connectivity index (χ3n) is 5.42. The molecule has 0 N–H and O–H groups in total. The van der Waals surface area contributed by atoms with E-state index < -0.39 is 0 Å². The summed E-state index contributed by atoms with van der Waals surface area (Å²) in [5.74, 6) is 0. The summed E-state index contributed by atoms with van der Waals surface area (Å²) in [6.07, 6.45) is 9.10. The van der Waals surface area contributed by atoms with Gasteiger partial charge in [0.05, 0.1) is 11.7 Å². The molecule has 0 radical (unpaired) electrons. The van der Waals surface area contributed by atoms with Crippen LogP contribution >= 0.6 is 0 Å². The molecule has 1 fully saturated rings. The molecular formula is C19H24N4. The molecule has 1 saturated heterocycles. The second kappa shape index (κ2) is 6.28. The lowest BCUT2D eigenvalue weighted by atomic mass is 10.0. The zero-order valence-electron chi connectivity index (χ0n) is 13.7. The van der Waals surface area contributed by atoms with Crippen LogP contribution < -0.4 is 4.90 Å². The second-order valence-electron chi connectivity index (χ2n) is 6.65. The van der Waals surface area contributed by atoms with Gasteiger partial charge in [-0.2, -0.15) is 0 Å². The third kappa shape index (κ3) is 2.83. The number of para-hydroxylation sites is 1. The largest absolute Gasteiger partial charge is 0.368 e. The van der Waals surface area contributed by atoms with Crippen molar-refractivity contribution in [3.63, 3.8) is 0 Å². The fraction of sp³-hybridized carbons (Fsp3) is 0.474. The average Bonchev–Trinajstić information content (AvgIpc) is 3.06. The van der Waals surface area contributed by atoms with Gasteiger partial charge in [-0.15, -0.1) is 0 Å². The first-order valence-electron chi connectivity index (χ1n) is 8.67. The Morgan fingerprint density at radius 1 is 1.09 bits per heavy atom. The van der Waals surface area contributed by atoms with Gasteiger partial charge in [-0.1, -0.05) is 18.2 Å². The highest BCUT2D eigenvalue weighted by molar-refractivity contribution is 5.58. The molecule has 4 nitrogen and oxygen atoms in total. The molecule has 1 aromatic heterocycles. The Hall–Kier alpha value is -1.94. The lowest BCUT2D eigenvalue weighted by molar-refractivity contribution is 0.158. The fourth-order valence-corrected chi connectivity index (χ4v) is 4.04. The molecule has 0 saturated carbocycles. The summed E-state index contributed by atoms with van der Waals surface area (Å²) in [6, 6.07) is 9.94. The van der Waals surface area contributed by atoms with E-state index in [1.807, 2.05) is 6.20 Å². The molecule has 2 aromatic rings. The first-order chi connectivity index (χ1) is 11.3. The zero-order chi connectivity index (χ0) is 15.6. The predicted molar refractivity (Wildman–Crippen MR) is 92.5 cm³/mol. The summed E-state index contributed by atoms with van der Waals surface area (Å²) in [7, 11) is 0. The van der Waals surface area contributed by atoms with Crippen LogP contribution in [0.1, 0.15) is 37.1 Å². The molecule has 1 aromatic carbocycles. The maximum Gasteiger partial charge on any atom is 0.0755 e. The van der Waals surface area contributed by atoms with Crippen LogP contribution in [-0.2, 0) is 6.42 Å². The molecule has 1 atom stereocenters. The first kappa shape index (κ1) is 14.6. The summed E-state index contributed by atoms with van der Waals surface area (Å²) in [4.78, 5) is 13.9. The van der Waals surface area contributed by atoms with E-state index in [2.05, 4.69) is 51.0 Å². The van der Waals surface area contributed by atoms with Gasteiger partial charge >= 0.3 is 0 Å². The van der Waals surface area contributed by atoms with Crippen molar-refractivity contribution in [1.82, 2.24) is 14.9 Å². The van der Waals surface area contributed by atoms with Crippen LogP contribution in [0.15, 0.2) is 42.9 Å². The van der Waals surface area contributed by atoms with Gasteiger partial charge < -0.3 is 4.90 Å². The van der Waals surface area contributed by atoms with Gasteiger partial charge in [0.1, 0.15) is 0 Å². The minimum atomic E-state index is 0.357. The summed E-state index contributed by atoms with van der Waals surface area (Å²) in [5.41, 5.74) is 4.06. The average molecular weight is 308 g/mol. The monoisotopic (exact) mass is 308 g/mol. The van der Waals surface area contributed by atoms with E-state index in [0.29, 0.717) is 12.1 Å². The maximum absolute atomic E-state index is 4.47. The quantitative estimate of drug-likeness (QED) is 0.872. The molecule has 2 aliphatic heterocycles. The molecule has 0 spiro atoms. The minimum absolute atomic E-state index is 0.357. The number of hydrogen-bond acceptors (Lipinski definition) is 4. The molecule has 4 heteroatoms. The van der Waals surface area contributed by atoms with Gasteiger partial charge in [0.25, 0.3) is 0 Å². The molecule has 23 heavy (non-hydrogen) atoms. The Morgan fingerprint density at radius 3 is 2.70 bits per heavy atom. The number of likely N-dealkylation sites (tertiary alicyclic amines) is 1. The predicted octanol–water partition coefficient (Wildman–Crippen LogP) is 3.06. The Morgan fingerprint density at radius 2 is 1.91 bits per heavy atom. The molecule has 120 valence electrons. The Kier molecular flexibility index (Phi) is 4.00. The van der Waals surface area contributed by atoms with Crippen LogP contribution in [0.3, 0.4) is 0 Å². The van der Waals surface area contributed by atoms with Crippen LogP contribution in [0.2, 0.25) is 0 Å². The number of hydrogen-bond donors (Lipinski definition) is 0. The Balaban J connectivity index is 1.40. The van der Waals surface area contributed by atoms with Gasteiger partial charge in [-0.05, 0) is 37.8 Å². The van der Waals surface area contributed by atoms with E-state index in [4.69, 9.17) is 0 Å². The molecule has 0 aliphatic carbocycles. The first-order valence-corrected chi connectivity index (χ1v) is 8.67. The number of nitrogens with zero attached hydrogens (tertiary/aromatic N) is 4. The van der Waals surface area contributed by atoms with Crippen molar-refractivity contribution in [2.24, 2.45) is 0 Å². The summed E-state index contributed by atoms with van der Waals surface area (Å²) in [5, 5.41) is 0. The molecule has 3 heterocycles. The van der Waals surface area contributed by atoms with E-state index in [1.54, 1.807) is 12.4 Å². The second-order valence-corrected chi connectivity index (χ2v) is 6.65. The van der Waals surface area contributed by atoms with Crippen LogP contribution in [0.25, 0.3) is 0 Å². The maximum atomic E-state index is 4.47. The normalized spacial score (nSPS) is 20.5. The van der Waals surface area contributed by atoms with Gasteiger partial charge in [0, 0.05) is 50.0 Å². The van der Waals surface area contributed by atoms with Crippen molar-refractivity contribution in [2.45, 2.75) is 38.3 Å². The Labute approximate surface area is 138 Å². The van der Waals surface area contributed by atoms with E-state index in [9.17, 15) is 0 Å². The highest BCUT2D eigenvalue weighted by Gasteiger charge is 2.30. The van der Waals surface area contributed by atoms with Crippen LogP contribution in [0.5, 0.6) is 0 Å². The van der Waals surface area contributed by atoms with E-state index in [-0.39, 0.29) is 0 Å². The summed E-state index contributed by atoms with van der Waals surface area (Å²) >= 11 is 0. The van der Waals surface area contributed by atoms with Crippen molar-refractivity contribution in [3.05, 3.63) is 54.1 Å². The smallest absolute Gasteiger partial charge is 0.0755 e. The topological polar surface area (TPSA) is 32.3 Å². The number of fused-ring (bicyclic) bond motifs is 1. The molecule has 0 amide bonds. The molecule has 2 aliphatic rings. The minimum Gasteiger partial charge on any atom is -0.368 e. The number of benzene rings is 1. The lowest BCUT2D eigenvalue weighted by Crippen LogP contribution is -2.45. The van der Waals surface area contributed by atoms with Gasteiger partial charge in [0.15, 0.2) is 0 Å². The molecule has 0 bridgehead atoms. The zero-order valence-corrected chi connectivity index (χ0v) is 13.7. The van der Waals surface area contributed by atoms with Crippen molar-refractivity contribution in [1.29, 1.82) is 0 Å². The summed E-state index contributed by atoms with van der Waals surface area (Å²) in [6.45, 7) is 5.71. The van der Waals surface area contributed by atoms with Gasteiger partial charge in [-0.25, -0.2) is 0 Å². The SMILES string of the molecule is CC(c1cnccn1)N1CCC(N2CCc3ccccc32)CC1. The highest BCUT2D eigenvalue weighted by atomic mass is 15.2. The van der Waals surface area contributed by atoms with E-state index >= 15 is 0 Å². The van der Waals surface area contributed by atoms with Crippen LogP contribution in [-0.4, -0.2) is 40.5 Å². The van der Waals surface area contributed by atoms with Crippen LogP contribution in [0.4, 0.5) is 5.69 Å². The number of aromatic nitrogens is 2. The van der Waals surface area contributed by atoms with E-state index in [0.717, 1.165) is 18.8 Å².